The van der Waals surface area contributed by atoms with Crippen molar-refractivity contribution in [2.45, 2.75) is 20.2 Å². The van der Waals surface area contributed by atoms with Gasteiger partial charge in [-0.15, -0.1) is 5.10 Å². The number of ether oxygens (including phenoxy) is 1. The number of nitrogens with zero attached hydrogens (tertiary/aromatic N) is 5. The van der Waals surface area contributed by atoms with Crippen LogP contribution >= 0.6 is 0 Å². The van der Waals surface area contributed by atoms with E-state index in [1.807, 2.05) is 25.1 Å². The highest BCUT2D eigenvalue weighted by Gasteiger charge is 2.12. The average molecular weight is 406 g/mol. The monoisotopic (exact) mass is 406 g/mol. The van der Waals surface area contributed by atoms with E-state index in [1.54, 1.807) is 23.3 Å². The third-order valence-corrected chi connectivity index (χ3v) is 4.24. The minimum Gasteiger partial charge on any atom is -0.471 e. The fraction of sp³-hybridized carbons (Fsp3) is 0.143. The Kier molecular flexibility index (Phi) is 5.51. The van der Waals surface area contributed by atoms with Crippen LogP contribution in [-0.2, 0) is 13.3 Å². The standard InChI is InChI=1S/C21H19FN6O2/c1-15-3-2-4-16(11-15)12-28-13-23-21(26-28)24-20(29)19-9-10-27(25-19)14-30-18-7-5-17(22)6-8-18/h2-11,13H,12,14H2,1H3,(H,24,26,29). The summed E-state index contributed by atoms with van der Waals surface area (Å²) < 4.78 is 21.5. The molecule has 4 aromatic rings. The van der Waals surface area contributed by atoms with Crippen LogP contribution in [-0.4, -0.2) is 30.5 Å². The zero-order valence-electron chi connectivity index (χ0n) is 16.2. The van der Waals surface area contributed by atoms with E-state index < -0.39 is 5.91 Å². The molecule has 0 fully saturated rings. The third kappa shape index (κ3) is 4.88. The maximum Gasteiger partial charge on any atom is 0.278 e. The summed E-state index contributed by atoms with van der Waals surface area (Å²) in [7, 11) is 0. The summed E-state index contributed by atoms with van der Waals surface area (Å²) in [5.41, 5.74) is 2.46. The van der Waals surface area contributed by atoms with E-state index in [0.29, 0.717) is 12.3 Å². The third-order valence-electron chi connectivity index (χ3n) is 4.24. The van der Waals surface area contributed by atoms with E-state index in [4.69, 9.17) is 4.74 Å². The normalized spacial score (nSPS) is 10.7. The lowest BCUT2D eigenvalue weighted by Gasteiger charge is -2.05. The SMILES string of the molecule is Cc1cccc(Cn2cnc(NC(=O)c3ccn(COc4ccc(F)cc4)n3)n2)c1. The number of hydrogen-bond acceptors (Lipinski definition) is 5. The van der Waals surface area contributed by atoms with E-state index in [-0.39, 0.29) is 24.2 Å². The average Bonchev–Trinajstić information content (AvgIpc) is 3.37. The number of rotatable bonds is 7. The zero-order chi connectivity index (χ0) is 20.9. The minimum atomic E-state index is -0.427. The lowest BCUT2D eigenvalue weighted by atomic mass is 10.1. The number of nitrogens with one attached hydrogen (secondary N) is 1. The van der Waals surface area contributed by atoms with Crippen LogP contribution in [0.3, 0.4) is 0 Å². The van der Waals surface area contributed by atoms with Crippen LogP contribution in [0.25, 0.3) is 0 Å². The topological polar surface area (TPSA) is 86.9 Å². The molecule has 0 aliphatic heterocycles. The van der Waals surface area contributed by atoms with Gasteiger partial charge in [-0.1, -0.05) is 29.8 Å². The van der Waals surface area contributed by atoms with Gasteiger partial charge in [-0.2, -0.15) is 5.10 Å². The zero-order valence-corrected chi connectivity index (χ0v) is 16.2. The largest absolute Gasteiger partial charge is 0.471 e. The molecular weight excluding hydrogens is 387 g/mol. The van der Waals surface area contributed by atoms with Crippen LogP contribution in [0.4, 0.5) is 10.3 Å². The maximum absolute atomic E-state index is 12.9. The second kappa shape index (κ2) is 8.56. The quantitative estimate of drug-likeness (QED) is 0.509. The van der Waals surface area contributed by atoms with E-state index in [1.165, 1.54) is 34.5 Å². The molecule has 1 amide bonds. The van der Waals surface area contributed by atoms with Crippen molar-refractivity contribution in [2.24, 2.45) is 0 Å². The first kappa shape index (κ1) is 19.3. The van der Waals surface area contributed by atoms with Gasteiger partial charge < -0.3 is 4.74 Å². The van der Waals surface area contributed by atoms with E-state index in [2.05, 4.69) is 26.6 Å². The first-order valence-corrected chi connectivity index (χ1v) is 9.23. The molecule has 0 unspecified atom stereocenters. The molecule has 0 spiro atoms. The van der Waals surface area contributed by atoms with Gasteiger partial charge in [0.15, 0.2) is 12.4 Å². The Morgan fingerprint density at radius 1 is 1.10 bits per heavy atom. The highest BCUT2D eigenvalue weighted by Crippen LogP contribution is 2.12. The van der Waals surface area contributed by atoms with E-state index in [0.717, 1.165) is 5.56 Å². The van der Waals surface area contributed by atoms with Crippen LogP contribution < -0.4 is 10.1 Å². The molecule has 1 N–H and O–H groups in total. The molecule has 0 radical (unpaired) electrons. The van der Waals surface area contributed by atoms with E-state index in [9.17, 15) is 9.18 Å². The lowest BCUT2D eigenvalue weighted by molar-refractivity contribution is 0.101. The van der Waals surface area contributed by atoms with Crippen LogP contribution in [0.5, 0.6) is 5.75 Å². The van der Waals surface area contributed by atoms with Crippen molar-refractivity contribution in [3.8, 4) is 5.75 Å². The second-order valence-electron chi connectivity index (χ2n) is 6.68. The molecule has 8 nitrogen and oxygen atoms in total. The van der Waals surface area contributed by atoms with E-state index >= 15 is 0 Å². The number of carbonyl (C=O) groups excluding carboxylic acids is 1. The van der Waals surface area contributed by atoms with Crippen LogP contribution in [0.1, 0.15) is 21.6 Å². The number of halogens is 1. The molecule has 4 rings (SSSR count). The van der Waals surface area contributed by atoms with Crippen LogP contribution in [0, 0.1) is 12.7 Å². The minimum absolute atomic E-state index is 0.0856. The Bertz CT molecular complexity index is 1150. The Hall–Kier alpha value is -4.01. The fourth-order valence-corrected chi connectivity index (χ4v) is 2.82. The summed E-state index contributed by atoms with van der Waals surface area (Å²) in [6.45, 7) is 2.67. The van der Waals surface area contributed by atoms with Gasteiger partial charge in [0.1, 0.15) is 17.9 Å². The van der Waals surface area contributed by atoms with Crippen molar-refractivity contribution in [1.82, 2.24) is 24.5 Å². The molecule has 152 valence electrons. The van der Waals surface area contributed by atoms with Crippen molar-refractivity contribution in [3.05, 3.63) is 89.8 Å². The Balaban J connectivity index is 1.33. The molecule has 0 saturated carbocycles. The Morgan fingerprint density at radius 2 is 1.93 bits per heavy atom. The lowest BCUT2D eigenvalue weighted by Crippen LogP contribution is -2.15. The van der Waals surface area contributed by atoms with Crippen molar-refractivity contribution < 1.29 is 13.9 Å². The number of aryl methyl sites for hydroxylation is 1. The molecule has 2 heterocycles. The Labute approximate surface area is 171 Å². The molecule has 0 aliphatic rings. The predicted octanol–water partition coefficient (Wildman–Crippen LogP) is 3.26. The van der Waals surface area contributed by atoms with Gasteiger partial charge in [-0.3, -0.25) is 10.1 Å². The summed E-state index contributed by atoms with van der Waals surface area (Å²) in [4.78, 5) is 16.5. The number of carbonyl (C=O) groups is 1. The molecule has 0 saturated heterocycles. The van der Waals surface area contributed by atoms with Gasteiger partial charge in [-0.25, -0.2) is 18.7 Å². The van der Waals surface area contributed by atoms with Crippen molar-refractivity contribution in [1.29, 1.82) is 0 Å². The summed E-state index contributed by atoms with van der Waals surface area (Å²) in [6, 6.07) is 15.3. The van der Waals surface area contributed by atoms with Gasteiger partial charge in [-0.05, 0) is 42.8 Å². The first-order valence-electron chi connectivity index (χ1n) is 9.23. The van der Waals surface area contributed by atoms with Crippen LogP contribution in [0.15, 0.2) is 67.1 Å². The summed E-state index contributed by atoms with van der Waals surface area (Å²) in [5.74, 6) is -0.0646. The number of amides is 1. The molecule has 9 heteroatoms. The highest BCUT2D eigenvalue weighted by atomic mass is 19.1. The predicted molar refractivity (Wildman–Crippen MR) is 108 cm³/mol. The fourth-order valence-electron chi connectivity index (χ4n) is 2.82. The molecule has 2 aromatic carbocycles. The maximum atomic E-state index is 12.9. The van der Waals surface area contributed by atoms with Crippen LogP contribution in [0.2, 0.25) is 0 Å². The smallest absolute Gasteiger partial charge is 0.278 e. The second-order valence-corrected chi connectivity index (χ2v) is 6.68. The van der Waals surface area contributed by atoms with Gasteiger partial charge in [0, 0.05) is 6.20 Å². The molecular formula is C21H19FN6O2. The summed E-state index contributed by atoms with van der Waals surface area (Å²) in [6.07, 6.45) is 3.18. The molecule has 30 heavy (non-hydrogen) atoms. The van der Waals surface area contributed by atoms with Crippen molar-refractivity contribution >= 4 is 11.9 Å². The first-order chi connectivity index (χ1) is 14.5. The number of aromatic nitrogens is 5. The number of hydrogen-bond donors (Lipinski definition) is 1. The molecule has 0 bridgehead atoms. The summed E-state index contributed by atoms with van der Waals surface area (Å²) >= 11 is 0. The summed E-state index contributed by atoms with van der Waals surface area (Å²) in [5, 5.41) is 11.1. The molecule has 0 atom stereocenters. The van der Waals surface area contributed by atoms with Crippen molar-refractivity contribution in [3.63, 3.8) is 0 Å². The van der Waals surface area contributed by atoms with Gasteiger partial charge in [0.05, 0.1) is 6.54 Å². The Morgan fingerprint density at radius 3 is 2.73 bits per heavy atom. The van der Waals surface area contributed by atoms with Crippen molar-refractivity contribution in [2.75, 3.05) is 5.32 Å². The molecule has 2 aromatic heterocycles. The van der Waals surface area contributed by atoms with Gasteiger partial charge >= 0.3 is 0 Å². The highest BCUT2D eigenvalue weighted by molar-refractivity contribution is 6.01. The van der Waals surface area contributed by atoms with Gasteiger partial charge in [0.25, 0.3) is 5.91 Å². The molecule has 0 aliphatic carbocycles. The number of anilines is 1. The number of benzene rings is 2. The van der Waals surface area contributed by atoms with Gasteiger partial charge in [0.2, 0.25) is 5.95 Å².